The molecule has 0 aliphatic heterocycles. The molecule has 0 spiro atoms. The van der Waals surface area contributed by atoms with Gasteiger partial charge in [0.05, 0.1) is 22.4 Å². The molecule has 0 aliphatic carbocycles. The van der Waals surface area contributed by atoms with Crippen molar-refractivity contribution in [1.29, 1.82) is 0 Å². The predicted octanol–water partition coefficient (Wildman–Crippen LogP) is -12.1. The Kier molecular flexibility index (Phi) is 27.8. The molecule has 2 atom stereocenters. The van der Waals surface area contributed by atoms with Gasteiger partial charge in [-0.3, -0.25) is 9.11 Å². The molecule has 16 heavy (non-hydrogen) atoms. The molecule has 0 aromatic heterocycles. The van der Waals surface area contributed by atoms with E-state index >= 15 is 0 Å². The van der Waals surface area contributed by atoms with Crippen LogP contribution < -0.4 is 118 Å². The van der Waals surface area contributed by atoms with Crippen LogP contribution in [0.25, 0.3) is 0 Å². The summed E-state index contributed by atoms with van der Waals surface area (Å²) in [6.45, 7) is 0. The van der Waals surface area contributed by atoms with Crippen LogP contribution in [-0.2, 0) is 48.8 Å². The first-order valence-electron chi connectivity index (χ1n) is 1.98. The number of hydrogen-bond acceptors (Lipinski definition) is 7. The van der Waals surface area contributed by atoms with E-state index in [1.807, 2.05) is 0 Å². The van der Waals surface area contributed by atoms with Gasteiger partial charge >= 0.3 is 142 Å². The average Bonchev–Trinajstić information content (AvgIpc) is 1.49. The van der Waals surface area contributed by atoms with E-state index in [2.05, 4.69) is 30.7 Å². The largest absolute Gasteiger partial charge is 1.00 e. The van der Waals surface area contributed by atoms with E-state index < -0.39 is 24.3 Å². The molecular weight excluding hydrogens is 344 g/mol. The second-order valence-electron chi connectivity index (χ2n) is 1.27. The van der Waals surface area contributed by atoms with E-state index in [9.17, 15) is 13.2 Å². The van der Waals surface area contributed by atoms with Crippen molar-refractivity contribution in [1.82, 2.24) is 0 Å². The third kappa shape index (κ3) is 26.5. The molecular formula is CH6Na4O7S4. The molecule has 80 valence electrons. The average molecular weight is 350 g/mol. The second kappa shape index (κ2) is 13.9. The Labute approximate surface area is 197 Å². The first-order chi connectivity index (χ1) is 5.10. The van der Waals surface area contributed by atoms with Gasteiger partial charge in [-0.25, -0.2) is 4.79 Å². The Morgan fingerprint density at radius 2 is 1.12 bits per heavy atom. The third-order valence-corrected chi connectivity index (χ3v) is 1.45. The van der Waals surface area contributed by atoms with Crippen molar-refractivity contribution in [2.45, 2.75) is 0 Å². The second-order valence-corrected chi connectivity index (χ2v) is 5.84. The summed E-state index contributed by atoms with van der Waals surface area (Å²) >= 11 is 7.40. The molecule has 0 amide bonds. The maximum absolute atomic E-state index is 10.2. The molecule has 0 radical (unpaired) electrons. The fourth-order valence-electron chi connectivity index (χ4n) is 0.186. The van der Waals surface area contributed by atoms with Crippen molar-refractivity contribution in [2.75, 3.05) is 0 Å². The molecule has 0 fully saturated rings. The Hall–Kier alpha value is 3.93. The molecule has 0 aromatic rings. The molecule has 7 nitrogen and oxygen atoms in total. The smallest absolute Gasteiger partial charge is 1.00 e. The molecule has 0 aliphatic rings. The summed E-state index contributed by atoms with van der Waals surface area (Å²) in [5.41, 5.74) is 0. The van der Waals surface area contributed by atoms with Crippen molar-refractivity contribution < 1.29 is 155 Å². The first-order valence-corrected chi connectivity index (χ1v) is 6.71. The summed E-state index contributed by atoms with van der Waals surface area (Å²) in [6, 6.07) is 0. The number of hydrogen-bond donors (Lipinski definition) is 2. The molecule has 0 bridgehead atoms. The SMILES string of the molecule is O=C(OS(=O)(O)=S)OS(=O)(O)=S.[H-].[H-].[H-].[H-].[Na+].[Na+].[Na+].[Na+]. The minimum Gasteiger partial charge on any atom is -1.00 e. The minimum absolute atomic E-state index is 0. The van der Waals surface area contributed by atoms with Gasteiger partial charge in [0.25, 0.3) is 0 Å². The monoisotopic (exact) mass is 350 g/mol. The fraction of sp³-hybridized carbons (Fsp3) is 0. The van der Waals surface area contributed by atoms with E-state index in [0.717, 1.165) is 0 Å². The van der Waals surface area contributed by atoms with Crippen molar-refractivity contribution in [3.63, 3.8) is 0 Å². The van der Waals surface area contributed by atoms with Crippen LogP contribution in [0.5, 0.6) is 0 Å². The van der Waals surface area contributed by atoms with Crippen LogP contribution >= 0.6 is 0 Å². The van der Waals surface area contributed by atoms with E-state index in [4.69, 9.17) is 9.11 Å². The van der Waals surface area contributed by atoms with E-state index in [-0.39, 0.29) is 124 Å². The van der Waals surface area contributed by atoms with Gasteiger partial charge in [-0.15, -0.1) is 0 Å². The summed E-state index contributed by atoms with van der Waals surface area (Å²) in [5.74, 6) is 0. The molecule has 15 heteroatoms. The van der Waals surface area contributed by atoms with Crippen LogP contribution in [0.3, 0.4) is 0 Å². The molecule has 0 aromatic carbocycles. The minimum atomic E-state index is -4.22. The zero-order valence-corrected chi connectivity index (χ0v) is 20.3. The molecule has 2 unspecified atom stereocenters. The molecule has 2 N–H and O–H groups in total. The van der Waals surface area contributed by atoms with Crippen LogP contribution in [0.4, 0.5) is 4.79 Å². The standard InChI is InChI=1S/CH2O7S4.4Na.4H/c2-1(7-11(3,4)9)8-12(5,6)10;;;;;;;;/h(H,3,4,9)(H,5,6,10);;;;;;;;/q;4*+1;4*-1. The fourth-order valence-corrected chi connectivity index (χ4v) is 0.974. The van der Waals surface area contributed by atoms with Crippen molar-refractivity contribution in [3.05, 3.63) is 0 Å². The van der Waals surface area contributed by atoms with Gasteiger partial charge in [0.15, 0.2) is 0 Å². The molecule has 0 saturated carbocycles. The van der Waals surface area contributed by atoms with Gasteiger partial charge in [-0.1, -0.05) is 0 Å². The normalized spacial score (nSPS) is 15.1. The van der Waals surface area contributed by atoms with E-state index in [0.29, 0.717) is 0 Å². The number of carbonyl (C=O) groups is 1. The van der Waals surface area contributed by atoms with Crippen LogP contribution in [0.15, 0.2) is 0 Å². The van der Waals surface area contributed by atoms with Gasteiger partial charge in [0.1, 0.15) is 0 Å². The van der Waals surface area contributed by atoms with Crippen LogP contribution in [0.1, 0.15) is 5.71 Å². The van der Waals surface area contributed by atoms with E-state index in [1.54, 1.807) is 0 Å². The molecule has 0 rings (SSSR count). The Morgan fingerprint density at radius 1 is 0.938 bits per heavy atom. The zero-order chi connectivity index (χ0) is 9.99. The summed E-state index contributed by atoms with van der Waals surface area (Å²) in [6.07, 6.45) is -1.88. The van der Waals surface area contributed by atoms with Crippen LogP contribution in [-0.4, -0.2) is 23.7 Å². The van der Waals surface area contributed by atoms with Gasteiger partial charge in [0.2, 0.25) is 0 Å². The quantitative estimate of drug-likeness (QED) is 0.469. The maximum Gasteiger partial charge on any atom is 1.00 e. The van der Waals surface area contributed by atoms with Crippen LogP contribution in [0, 0.1) is 0 Å². The molecule has 0 heterocycles. The van der Waals surface area contributed by atoms with Crippen molar-refractivity contribution >= 4 is 46.6 Å². The summed E-state index contributed by atoms with van der Waals surface area (Å²) in [4.78, 5) is 10.2. The summed E-state index contributed by atoms with van der Waals surface area (Å²) < 4.78 is 43.5. The van der Waals surface area contributed by atoms with Gasteiger partial charge in [-0.05, 0) is 0 Å². The topological polar surface area (TPSA) is 110 Å². The number of rotatable bonds is 2. The summed E-state index contributed by atoms with van der Waals surface area (Å²) in [5, 5.41) is 0. The van der Waals surface area contributed by atoms with Gasteiger partial charge in [0, 0.05) is 0 Å². The predicted molar refractivity (Wildman–Crippen MR) is 48.3 cm³/mol. The Bertz CT molecular complexity index is 350. The van der Waals surface area contributed by atoms with Crippen molar-refractivity contribution in [2.24, 2.45) is 0 Å². The first kappa shape index (κ1) is 32.0. The zero-order valence-electron chi connectivity index (χ0n) is 13.1. The Morgan fingerprint density at radius 3 is 1.25 bits per heavy atom. The van der Waals surface area contributed by atoms with E-state index in [1.165, 1.54) is 0 Å². The third-order valence-electron chi connectivity index (χ3n) is 0.347. The van der Waals surface area contributed by atoms with Gasteiger partial charge < -0.3 is 14.1 Å². The van der Waals surface area contributed by atoms with Crippen molar-refractivity contribution in [3.8, 4) is 0 Å². The van der Waals surface area contributed by atoms with Crippen LogP contribution in [0.2, 0.25) is 0 Å². The molecule has 0 saturated heterocycles. The Balaban J connectivity index is -0.0000000216. The maximum atomic E-state index is 10.2. The van der Waals surface area contributed by atoms with Gasteiger partial charge in [-0.2, -0.15) is 8.42 Å². The number of carbonyl (C=O) groups excluding carboxylic acids is 1. The summed E-state index contributed by atoms with van der Waals surface area (Å²) in [7, 11) is -8.44.